The predicted octanol–water partition coefficient (Wildman–Crippen LogP) is 2.49. The molecule has 2 aliphatic rings. The number of amides is 1. The van der Waals surface area contributed by atoms with Crippen LogP contribution in [-0.2, 0) is 13.0 Å². The molecule has 0 saturated heterocycles. The van der Waals surface area contributed by atoms with Gasteiger partial charge in [-0.05, 0) is 47.9 Å². The first-order valence-electron chi connectivity index (χ1n) is 7.45. The second-order valence-corrected chi connectivity index (χ2v) is 5.64. The standard InChI is InChI=1S/C18H14N2O3/c19-9-12-2-1-3-14(6-12)18(21)20-5-4-13-7-16-17(23-11-22-16)8-15(13)10-20/h1-3,6-8H,4-5,10-11H2. The average Bonchev–Trinajstić information content (AvgIpc) is 3.05. The van der Waals surface area contributed by atoms with Gasteiger partial charge in [-0.25, -0.2) is 0 Å². The third kappa shape index (κ3) is 2.38. The Labute approximate surface area is 133 Å². The van der Waals surface area contributed by atoms with E-state index in [9.17, 15) is 4.79 Å². The van der Waals surface area contributed by atoms with Crippen LogP contribution in [0.5, 0.6) is 11.5 Å². The van der Waals surface area contributed by atoms with Gasteiger partial charge in [0.15, 0.2) is 11.5 Å². The van der Waals surface area contributed by atoms with E-state index in [0.29, 0.717) is 24.2 Å². The second kappa shape index (κ2) is 5.33. The third-order valence-corrected chi connectivity index (χ3v) is 4.23. The van der Waals surface area contributed by atoms with Gasteiger partial charge in [0.05, 0.1) is 11.6 Å². The summed E-state index contributed by atoms with van der Waals surface area (Å²) in [6, 6.07) is 12.9. The molecule has 2 aliphatic heterocycles. The molecule has 0 radical (unpaired) electrons. The predicted molar refractivity (Wildman–Crippen MR) is 82.2 cm³/mol. The van der Waals surface area contributed by atoms with E-state index in [1.165, 1.54) is 5.56 Å². The van der Waals surface area contributed by atoms with Gasteiger partial charge in [-0.1, -0.05) is 6.07 Å². The SMILES string of the molecule is N#Cc1cccc(C(=O)N2CCc3cc4c(cc3C2)OCO4)c1. The molecule has 0 unspecified atom stereocenters. The second-order valence-electron chi connectivity index (χ2n) is 5.64. The summed E-state index contributed by atoms with van der Waals surface area (Å²) in [6.45, 7) is 1.45. The lowest BCUT2D eigenvalue weighted by atomic mass is 9.98. The molecule has 5 heteroatoms. The van der Waals surface area contributed by atoms with E-state index in [0.717, 1.165) is 23.5 Å². The van der Waals surface area contributed by atoms with E-state index in [-0.39, 0.29) is 12.7 Å². The van der Waals surface area contributed by atoms with Gasteiger partial charge in [0.2, 0.25) is 6.79 Å². The number of hydrogen-bond donors (Lipinski definition) is 0. The van der Waals surface area contributed by atoms with Crippen molar-refractivity contribution in [1.82, 2.24) is 4.90 Å². The van der Waals surface area contributed by atoms with Crippen LogP contribution in [0.2, 0.25) is 0 Å². The summed E-state index contributed by atoms with van der Waals surface area (Å²) in [5, 5.41) is 8.97. The van der Waals surface area contributed by atoms with Crippen LogP contribution in [0.1, 0.15) is 27.0 Å². The number of nitriles is 1. The van der Waals surface area contributed by atoms with Crippen LogP contribution < -0.4 is 9.47 Å². The Morgan fingerprint density at radius 2 is 1.91 bits per heavy atom. The number of carbonyl (C=O) groups excluding carboxylic acids is 1. The van der Waals surface area contributed by atoms with Crippen LogP contribution in [0, 0.1) is 11.3 Å². The average molecular weight is 306 g/mol. The number of hydrogen-bond acceptors (Lipinski definition) is 4. The van der Waals surface area contributed by atoms with Gasteiger partial charge in [-0.15, -0.1) is 0 Å². The number of benzene rings is 2. The Morgan fingerprint density at radius 1 is 1.13 bits per heavy atom. The van der Waals surface area contributed by atoms with Gasteiger partial charge in [0.1, 0.15) is 0 Å². The molecule has 2 heterocycles. The summed E-state index contributed by atoms with van der Waals surface area (Å²) in [5.41, 5.74) is 3.33. The molecular formula is C18H14N2O3. The van der Waals surface area contributed by atoms with Crippen LogP contribution in [0.25, 0.3) is 0 Å². The van der Waals surface area contributed by atoms with Crippen molar-refractivity contribution in [3.8, 4) is 17.6 Å². The fourth-order valence-corrected chi connectivity index (χ4v) is 3.02. The Hall–Kier alpha value is -3.00. The van der Waals surface area contributed by atoms with Crippen molar-refractivity contribution in [2.45, 2.75) is 13.0 Å². The lowest BCUT2D eigenvalue weighted by Crippen LogP contribution is -2.35. The summed E-state index contributed by atoms with van der Waals surface area (Å²) in [7, 11) is 0. The molecular weight excluding hydrogens is 292 g/mol. The van der Waals surface area contributed by atoms with E-state index in [2.05, 4.69) is 6.07 Å². The van der Waals surface area contributed by atoms with Gasteiger partial charge in [-0.2, -0.15) is 5.26 Å². The first-order valence-corrected chi connectivity index (χ1v) is 7.45. The first kappa shape index (κ1) is 13.6. The highest BCUT2D eigenvalue weighted by Gasteiger charge is 2.25. The van der Waals surface area contributed by atoms with Crippen molar-refractivity contribution in [3.63, 3.8) is 0 Å². The van der Waals surface area contributed by atoms with E-state index < -0.39 is 0 Å². The zero-order chi connectivity index (χ0) is 15.8. The lowest BCUT2D eigenvalue weighted by molar-refractivity contribution is 0.0734. The minimum absolute atomic E-state index is 0.0505. The van der Waals surface area contributed by atoms with Crippen molar-refractivity contribution in [2.75, 3.05) is 13.3 Å². The quantitative estimate of drug-likeness (QED) is 0.812. The van der Waals surface area contributed by atoms with Crippen LogP contribution >= 0.6 is 0 Å². The molecule has 0 saturated carbocycles. The molecule has 0 bridgehead atoms. The van der Waals surface area contributed by atoms with Gasteiger partial charge in [-0.3, -0.25) is 4.79 Å². The number of nitrogens with zero attached hydrogens (tertiary/aromatic N) is 2. The van der Waals surface area contributed by atoms with E-state index in [1.54, 1.807) is 29.2 Å². The number of carbonyl (C=O) groups is 1. The molecule has 2 aromatic carbocycles. The molecule has 2 aromatic rings. The molecule has 0 aliphatic carbocycles. The lowest BCUT2D eigenvalue weighted by Gasteiger charge is -2.29. The van der Waals surface area contributed by atoms with E-state index >= 15 is 0 Å². The zero-order valence-electron chi connectivity index (χ0n) is 12.4. The molecule has 0 N–H and O–H groups in total. The van der Waals surface area contributed by atoms with E-state index in [4.69, 9.17) is 14.7 Å². The monoisotopic (exact) mass is 306 g/mol. The highest BCUT2D eigenvalue weighted by Crippen LogP contribution is 2.36. The molecule has 114 valence electrons. The van der Waals surface area contributed by atoms with Crippen LogP contribution in [0.4, 0.5) is 0 Å². The maximum absolute atomic E-state index is 12.7. The maximum atomic E-state index is 12.7. The number of rotatable bonds is 1. The smallest absolute Gasteiger partial charge is 0.254 e. The van der Waals surface area contributed by atoms with E-state index in [1.807, 2.05) is 12.1 Å². The summed E-state index contributed by atoms with van der Waals surface area (Å²) < 4.78 is 10.8. The fourth-order valence-electron chi connectivity index (χ4n) is 3.02. The molecule has 1 amide bonds. The van der Waals surface area contributed by atoms with Crippen molar-refractivity contribution in [1.29, 1.82) is 5.26 Å². The molecule has 4 rings (SSSR count). The Bertz CT molecular complexity index is 839. The molecule has 0 atom stereocenters. The van der Waals surface area contributed by atoms with Crippen molar-refractivity contribution in [2.24, 2.45) is 0 Å². The third-order valence-electron chi connectivity index (χ3n) is 4.23. The molecule has 0 spiro atoms. The van der Waals surface area contributed by atoms with Crippen molar-refractivity contribution < 1.29 is 14.3 Å². The highest BCUT2D eigenvalue weighted by atomic mass is 16.7. The molecule has 5 nitrogen and oxygen atoms in total. The Balaban J connectivity index is 1.60. The molecule has 0 aromatic heterocycles. The van der Waals surface area contributed by atoms with Crippen LogP contribution in [0.15, 0.2) is 36.4 Å². The summed E-state index contributed by atoms with van der Waals surface area (Å²) in [6.07, 6.45) is 0.787. The zero-order valence-corrected chi connectivity index (χ0v) is 12.4. The Kier molecular flexibility index (Phi) is 3.16. The number of fused-ring (bicyclic) bond motifs is 2. The normalized spacial score (nSPS) is 15.0. The highest BCUT2D eigenvalue weighted by molar-refractivity contribution is 5.94. The minimum atomic E-state index is -0.0505. The fraction of sp³-hybridized carbons (Fsp3) is 0.222. The molecule has 23 heavy (non-hydrogen) atoms. The van der Waals surface area contributed by atoms with Gasteiger partial charge in [0, 0.05) is 18.7 Å². The van der Waals surface area contributed by atoms with Crippen LogP contribution in [0.3, 0.4) is 0 Å². The topological polar surface area (TPSA) is 62.6 Å². The maximum Gasteiger partial charge on any atom is 0.254 e. The van der Waals surface area contributed by atoms with Crippen LogP contribution in [-0.4, -0.2) is 24.1 Å². The van der Waals surface area contributed by atoms with Gasteiger partial charge in [0.25, 0.3) is 5.91 Å². The largest absolute Gasteiger partial charge is 0.454 e. The summed E-state index contributed by atoms with van der Waals surface area (Å²) in [5.74, 6) is 1.47. The van der Waals surface area contributed by atoms with Gasteiger partial charge < -0.3 is 14.4 Å². The number of ether oxygens (including phenoxy) is 2. The van der Waals surface area contributed by atoms with Crippen molar-refractivity contribution >= 4 is 5.91 Å². The summed E-state index contributed by atoms with van der Waals surface area (Å²) in [4.78, 5) is 14.5. The summed E-state index contributed by atoms with van der Waals surface area (Å²) >= 11 is 0. The minimum Gasteiger partial charge on any atom is -0.454 e. The van der Waals surface area contributed by atoms with Crippen molar-refractivity contribution in [3.05, 3.63) is 58.7 Å². The molecule has 0 fully saturated rings. The first-order chi connectivity index (χ1) is 11.2. The van der Waals surface area contributed by atoms with Gasteiger partial charge >= 0.3 is 0 Å². The Morgan fingerprint density at radius 3 is 2.70 bits per heavy atom.